The number of aromatic nitrogens is 2. The molecular formula is C11H19N5O3. The van der Waals surface area contributed by atoms with Gasteiger partial charge in [-0.3, -0.25) is 9.48 Å². The predicted octanol–water partition coefficient (Wildman–Crippen LogP) is 0.0888. The van der Waals surface area contributed by atoms with Crippen LogP contribution in [0, 0.1) is 0 Å². The minimum atomic E-state index is -0.984. The molecule has 0 aromatic carbocycles. The molecule has 0 aliphatic rings. The molecule has 0 saturated carbocycles. The number of carbonyl (C=O) groups excluding carboxylic acids is 1. The Labute approximate surface area is 111 Å². The van der Waals surface area contributed by atoms with Crippen molar-refractivity contribution in [3.63, 3.8) is 0 Å². The number of hydrogen-bond donors (Lipinski definition) is 4. The predicted molar refractivity (Wildman–Crippen MR) is 70.0 cm³/mol. The van der Waals surface area contributed by atoms with Crippen molar-refractivity contribution in [2.75, 3.05) is 25.0 Å². The summed E-state index contributed by atoms with van der Waals surface area (Å²) >= 11 is 0. The summed E-state index contributed by atoms with van der Waals surface area (Å²) in [6.45, 7) is 4.13. The number of rotatable bonds is 8. The summed E-state index contributed by atoms with van der Waals surface area (Å²) in [5.74, 6) is -0.984. The van der Waals surface area contributed by atoms with Gasteiger partial charge < -0.3 is 21.1 Å². The summed E-state index contributed by atoms with van der Waals surface area (Å²) in [6, 6.07) is -0.327. The first-order chi connectivity index (χ1) is 9.11. The van der Waals surface area contributed by atoms with Crippen molar-refractivity contribution in [2.45, 2.75) is 19.9 Å². The van der Waals surface area contributed by atoms with Crippen LogP contribution in [0.1, 0.15) is 13.3 Å². The third kappa shape index (κ3) is 6.41. The van der Waals surface area contributed by atoms with Gasteiger partial charge in [-0.2, -0.15) is 5.10 Å². The summed E-state index contributed by atoms with van der Waals surface area (Å²) in [5.41, 5.74) is 0.463. The Morgan fingerprint density at radius 2 is 2.21 bits per heavy atom. The molecule has 1 heterocycles. The van der Waals surface area contributed by atoms with Gasteiger partial charge in [0.25, 0.3) is 0 Å². The zero-order chi connectivity index (χ0) is 14.1. The summed E-state index contributed by atoms with van der Waals surface area (Å²) < 4.78 is 1.24. The molecule has 0 saturated heterocycles. The molecule has 0 atom stereocenters. The number of carbonyl (C=O) groups is 2. The molecule has 2 amide bonds. The molecule has 0 radical (unpaired) electrons. The number of nitrogens with zero attached hydrogens (tertiary/aromatic N) is 2. The van der Waals surface area contributed by atoms with E-state index in [1.165, 1.54) is 17.1 Å². The molecule has 1 aromatic rings. The minimum Gasteiger partial charge on any atom is -0.480 e. The highest BCUT2D eigenvalue weighted by atomic mass is 16.4. The lowest BCUT2D eigenvalue weighted by molar-refractivity contribution is -0.137. The van der Waals surface area contributed by atoms with Gasteiger partial charge in [-0.05, 0) is 19.5 Å². The van der Waals surface area contributed by atoms with Crippen LogP contribution in [0.2, 0.25) is 0 Å². The standard InChI is InChI=1S/C11H19N5O3/c1-2-12-4-3-5-13-11(19)15-9-6-14-16(7-9)8-10(17)18/h6-7,12H,2-5,8H2,1H3,(H,17,18)(H2,13,15,19). The zero-order valence-corrected chi connectivity index (χ0v) is 10.8. The van der Waals surface area contributed by atoms with E-state index in [0.717, 1.165) is 19.5 Å². The van der Waals surface area contributed by atoms with Crippen LogP contribution in [0.3, 0.4) is 0 Å². The average molecular weight is 269 g/mol. The molecule has 4 N–H and O–H groups in total. The van der Waals surface area contributed by atoms with Crippen LogP contribution in [-0.4, -0.2) is 46.5 Å². The third-order valence-electron chi connectivity index (χ3n) is 2.25. The van der Waals surface area contributed by atoms with E-state index in [9.17, 15) is 9.59 Å². The number of carboxylic acid groups (broad SMARTS) is 1. The van der Waals surface area contributed by atoms with Gasteiger partial charge in [0.2, 0.25) is 0 Å². The molecule has 0 bridgehead atoms. The maximum absolute atomic E-state index is 11.5. The van der Waals surface area contributed by atoms with Crippen LogP contribution >= 0.6 is 0 Å². The summed E-state index contributed by atoms with van der Waals surface area (Å²) in [7, 11) is 0. The second-order valence-corrected chi connectivity index (χ2v) is 3.91. The Balaban J connectivity index is 2.24. The lowest BCUT2D eigenvalue weighted by Gasteiger charge is -2.05. The number of amides is 2. The van der Waals surface area contributed by atoms with Crippen molar-refractivity contribution >= 4 is 17.7 Å². The third-order valence-corrected chi connectivity index (χ3v) is 2.25. The van der Waals surface area contributed by atoms with Gasteiger partial charge in [0.1, 0.15) is 6.54 Å². The lowest BCUT2D eigenvalue weighted by Crippen LogP contribution is -2.31. The van der Waals surface area contributed by atoms with E-state index in [-0.39, 0.29) is 12.6 Å². The van der Waals surface area contributed by atoms with Gasteiger partial charge in [-0.25, -0.2) is 4.79 Å². The Hall–Kier alpha value is -2.09. The highest BCUT2D eigenvalue weighted by molar-refractivity contribution is 5.88. The molecular weight excluding hydrogens is 250 g/mol. The van der Waals surface area contributed by atoms with Crippen LogP contribution in [-0.2, 0) is 11.3 Å². The highest BCUT2D eigenvalue weighted by Crippen LogP contribution is 2.04. The minimum absolute atomic E-state index is 0.230. The Morgan fingerprint density at radius 3 is 2.89 bits per heavy atom. The first-order valence-electron chi connectivity index (χ1n) is 6.11. The van der Waals surface area contributed by atoms with Crippen molar-refractivity contribution in [2.24, 2.45) is 0 Å². The van der Waals surface area contributed by atoms with Crippen molar-refractivity contribution in [3.05, 3.63) is 12.4 Å². The smallest absolute Gasteiger partial charge is 0.325 e. The van der Waals surface area contributed by atoms with E-state index in [1.54, 1.807) is 0 Å². The summed E-state index contributed by atoms with van der Waals surface area (Å²) in [6.07, 6.45) is 3.72. The molecule has 0 fully saturated rings. The molecule has 0 spiro atoms. The molecule has 0 unspecified atom stereocenters. The van der Waals surface area contributed by atoms with Crippen LogP contribution < -0.4 is 16.0 Å². The van der Waals surface area contributed by atoms with E-state index in [2.05, 4.69) is 21.0 Å². The molecule has 1 rings (SSSR count). The monoisotopic (exact) mass is 269 g/mol. The number of aliphatic carboxylic acids is 1. The fourth-order valence-corrected chi connectivity index (χ4v) is 1.42. The van der Waals surface area contributed by atoms with E-state index in [1.807, 2.05) is 6.92 Å². The molecule has 1 aromatic heterocycles. The van der Waals surface area contributed by atoms with Gasteiger partial charge >= 0.3 is 12.0 Å². The van der Waals surface area contributed by atoms with Crippen molar-refractivity contribution in [1.29, 1.82) is 0 Å². The van der Waals surface area contributed by atoms with Crippen LogP contribution in [0.25, 0.3) is 0 Å². The Kier molecular flexibility index (Phi) is 6.37. The van der Waals surface area contributed by atoms with Gasteiger partial charge in [0.15, 0.2) is 0 Å². The number of hydrogen-bond acceptors (Lipinski definition) is 4. The van der Waals surface area contributed by atoms with Crippen LogP contribution in [0.5, 0.6) is 0 Å². The lowest BCUT2D eigenvalue weighted by atomic mass is 10.4. The normalized spacial score (nSPS) is 10.2. The maximum atomic E-state index is 11.5. The zero-order valence-electron chi connectivity index (χ0n) is 10.8. The highest BCUT2D eigenvalue weighted by Gasteiger charge is 2.05. The molecule has 0 aliphatic carbocycles. The maximum Gasteiger partial charge on any atom is 0.325 e. The Morgan fingerprint density at radius 1 is 1.42 bits per heavy atom. The molecule has 106 valence electrons. The van der Waals surface area contributed by atoms with Gasteiger partial charge in [0.05, 0.1) is 11.9 Å². The second kappa shape index (κ2) is 8.09. The number of nitrogens with one attached hydrogen (secondary N) is 3. The van der Waals surface area contributed by atoms with Crippen molar-refractivity contribution in [3.8, 4) is 0 Å². The summed E-state index contributed by atoms with van der Waals surface area (Å²) in [4.78, 5) is 21.9. The molecule has 19 heavy (non-hydrogen) atoms. The molecule has 8 heteroatoms. The van der Waals surface area contributed by atoms with Gasteiger partial charge in [-0.1, -0.05) is 6.92 Å². The number of urea groups is 1. The molecule has 0 aliphatic heterocycles. The quantitative estimate of drug-likeness (QED) is 0.500. The fraction of sp³-hybridized carbons (Fsp3) is 0.545. The van der Waals surface area contributed by atoms with Gasteiger partial charge in [0, 0.05) is 12.7 Å². The SMILES string of the molecule is CCNCCCNC(=O)Nc1cnn(CC(=O)O)c1. The molecule has 8 nitrogen and oxygen atoms in total. The van der Waals surface area contributed by atoms with E-state index >= 15 is 0 Å². The Bertz CT molecular complexity index is 418. The fourth-order valence-electron chi connectivity index (χ4n) is 1.42. The number of carboxylic acids is 1. The van der Waals surface area contributed by atoms with Gasteiger partial charge in [-0.15, -0.1) is 0 Å². The average Bonchev–Trinajstić information content (AvgIpc) is 2.75. The topological polar surface area (TPSA) is 108 Å². The second-order valence-electron chi connectivity index (χ2n) is 3.91. The van der Waals surface area contributed by atoms with Crippen LogP contribution in [0.15, 0.2) is 12.4 Å². The first kappa shape index (κ1) is 15.0. The van der Waals surface area contributed by atoms with E-state index < -0.39 is 5.97 Å². The first-order valence-corrected chi connectivity index (χ1v) is 6.11. The van der Waals surface area contributed by atoms with Crippen molar-refractivity contribution in [1.82, 2.24) is 20.4 Å². The number of anilines is 1. The van der Waals surface area contributed by atoms with Crippen molar-refractivity contribution < 1.29 is 14.7 Å². The summed E-state index contributed by atoms with van der Waals surface area (Å²) in [5, 5.41) is 20.8. The largest absolute Gasteiger partial charge is 0.480 e. The van der Waals surface area contributed by atoms with E-state index in [4.69, 9.17) is 5.11 Å². The van der Waals surface area contributed by atoms with Crippen LogP contribution in [0.4, 0.5) is 10.5 Å². The van der Waals surface area contributed by atoms with E-state index in [0.29, 0.717) is 12.2 Å².